The van der Waals surface area contributed by atoms with E-state index in [0.29, 0.717) is 32.2 Å². The van der Waals surface area contributed by atoms with Gasteiger partial charge in [0, 0.05) is 29.8 Å². The van der Waals surface area contributed by atoms with Gasteiger partial charge in [-0.25, -0.2) is 0 Å². The number of carbonyl (C=O) groups is 1. The van der Waals surface area contributed by atoms with Crippen LogP contribution in [-0.2, 0) is 16.1 Å². The maximum Gasteiger partial charge on any atom is 0.306 e. The lowest BCUT2D eigenvalue weighted by Gasteiger charge is -2.16. The third kappa shape index (κ3) is 4.41. The van der Waals surface area contributed by atoms with Gasteiger partial charge in [0.15, 0.2) is 0 Å². The van der Waals surface area contributed by atoms with Crippen LogP contribution in [0.2, 0.25) is 0 Å². The summed E-state index contributed by atoms with van der Waals surface area (Å²) in [5.74, 6) is 0.637. The first-order valence-corrected chi connectivity index (χ1v) is 11.9. The average molecular weight is 472 g/mol. The molecule has 2 heterocycles. The average Bonchev–Trinajstić information content (AvgIpc) is 3.44. The van der Waals surface area contributed by atoms with Gasteiger partial charge in [-0.3, -0.25) is 9.36 Å². The third-order valence-corrected chi connectivity index (χ3v) is 6.48. The molecule has 4 aromatic rings. The van der Waals surface area contributed by atoms with E-state index in [0.717, 1.165) is 39.3 Å². The number of fused-ring (bicyclic) bond motifs is 2. The molecule has 1 aliphatic rings. The highest BCUT2D eigenvalue weighted by molar-refractivity contribution is 5.79. The second kappa shape index (κ2) is 9.70. The van der Waals surface area contributed by atoms with E-state index in [2.05, 4.69) is 46.1 Å². The smallest absolute Gasteiger partial charge is 0.306 e. The van der Waals surface area contributed by atoms with Gasteiger partial charge in [0.2, 0.25) is 0 Å². The molecule has 7 nitrogen and oxygen atoms in total. The number of methoxy groups -OCH3 is 1. The first kappa shape index (κ1) is 22.8. The maximum atomic E-state index is 11.7. The Labute approximate surface area is 204 Å². The van der Waals surface area contributed by atoms with Crippen LogP contribution in [0.4, 0.5) is 5.69 Å². The SMILES string of the molecule is CCOc1nc2ccccc2n1-c1cccc(CNc2ccc3c(c2)OCC3CC(=O)OC)c1C. The minimum atomic E-state index is -0.220. The zero-order valence-electron chi connectivity index (χ0n) is 20.2. The minimum Gasteiger partial charge on any atom is -0.493 e. The standard InChI is InChI=1S/C28H29N3O4/c1-4-34-28-30-23-9-5-6-10-25(23)31(28)24-11-7-8-19(18(24)2)16-29-21-12-13-22-20(14-27(32)33-3)17-35-26(22)15-21/h5-13,15,20,29H,4,14,16-17H2,1-3H3. The normalized spacial score (nSPS) is 14.4. The number of rotatable bonds is 8. The summed E-state index contributed by atoms with van der Waals surface area (Å²) in [4.78, 5) is 16.4. The Bertz CT molecular complexity index is 1380. The van der Waals surface area contributed by atoms with Crippen molar-refractivity contribution in [2.24, 2.45) is 0 Å². The lowest BCUT2D eigenvalue weighted by atomic mass is 9.97. The number of carbonyl (C=O) groups excluding carboxylic acids is 1. The van der Waals surface area contributed by atoms with Crippen molar-refractivity contribution >= 4 is 22.7 Å². The summed E-state index contributed by atoms with van der Waals surface area (Å²) >= 11 is 0. The van der Waals surface area contributed by atoms with Crippen LogP contribution in [0.1, 0.15) is 36.0 Å². The molecule has 0 saturated heterocycles. The molecule has 0 saturated carbocycles. The van der Waals surface area contributed by atoms with E-state index in [1.165, 1.54) is 12.7 Å². The molecule has 7 heteroatoms. The number of hydrogen-bond donors (Lipinski definition) is 1. The number of anilines is 1. The molecule has 1 aliphatic heterocycles. The molecule has 0 amide bonds. The van der Waals surface area contributed by atoms with Gasteiger partial charge in [-0.2, -0.15) is 4.98 Å². The highest BCUT2D eigenvalue weighted by atomic mass is 16.5. The predicted molar refractivity (Wildman–Crippen MR) is 136 cm³/mol. The number of aromatic nitrogens is 2. The highest BCUT2D eigenvalue weighted by Crippen LogP contribution is 2.38. The van der Waals surface area contributed by atoms with Crippen LogP contribution in [0, 0.1) is 6.92 Å². The Morgan fingerprint density at radius 3 is 2.86 bits per heavy atom. The van der Waals surface area contributed by atoms with Crippen molar-refractivity contribution in [2.75, 3.05) is 25.6 Å². The molecular weight excluding hydrogens is 442 g/mol. The van der Waals surface area contributed by atoms with Gasteiger partial charge in [0.05, 0.1) is 43.5 Å². The van der Waals surface area contributed by atoms with Crippen LogP contribution in [0.5, 0.6) is 11.8 Å². The van der Waals surface area contributed by atoms with E-state index in [1.807, 2.05) is 43.3 Å². The van der Waals surface area contributed by atoms with Gasteiger partial charge >= 0.3 is 12.0 Å². The fraction of sp³-hybridized carbons (Fsp3) is 0.286. The van der Waals surface area contributed by atoms with E-state index < -0.39 is 0 Å². The number of benzene rings is 3. The van der Waals surface area contributed by atoms with Crippen molar-refractivity contribution in [3.05, 3.63) is 77.4 Å². The summed E-state index contributed by atoms with van der Waals surface area (Å²) in [6, 6.07) is 21.0. The summed E-state index contributed by atoms with van der Waals surface area (Å²) in [6.45, 7) is 5.79. The molecule has 1 atom stereocenters. The van der Waals surface area contributed by atoms with Gasteiger partial charge < -0.3 is 19.5 Å². The van der Waals surface area contributed by atoms with Crippen molar-refractivity contribution in [1.82, 2.24) is 9.55 Å². The number of hydrogen-bond acceptors (Lipinski definition) is 6. The van der Waals surface area contributed by atoms with E-state index in [-0.39, 0.29) is 11.9 Å². The number of ether oxygens (including phenoxy) is 3. The molecule has 1 unspecified atom stereocenters. The van der Waals surface area contributed by atoms with Crippen LogP contribution in [-0.4, -0.2) is 35.8 Å². The Balaban J connectivity index is 1.38. The number of nitrogens with one attached hydrogen (secondary N) is 1. The van der Waals surface area contributed by atoms with Gasteiger partial charge in [-0.05, 0) is 49.2 Å². The molecule has 0 radical (unpaired) electrons. The molecule has 5 rings (SSSR count). The highest BCUT2D eigenvalue weighted by Gasteiger charge is 2.27. The number of nitrogens with zero attached hydrogens (tertiary/aromatic N) is 2. The van der Waals surface area contributed by atoms with Crippen molar-refractivity contribution in [3.8, 4) is 17.4 Å². The Morgan fingerprint density at radius 2 is 2.03 bits per heavy atom. The molecular formula is C28H29N3O4. The Hall–Kier alpha value is -4.00. The molecule has 180 valence electrons. The third-order valence-electron chi connectivity index (χ3n) is 6.48. The van der Waals surface area contributed by atoms with Crippen LogP contribution in [0.25, 0.3) is 16.7 Å². The molecule has 3 aromatic carbocycles. The fourth-order valence-electron chi connectivity index (χ4n) is 4.60. The second-order valence-corrected chi connectivity index (χ2v) is 8.61. The largest absolute Gasteiger partial charge is 0.493 e. The summed E-state index contributed by atoms with van der Waals surface area (Å²) in [5.41, 5.74) is 7.31. The van der Waals surface area contributed by atoms with E-state index in [1.54, 1.807) is 0 Å². The second-order valence-electron chi connectivity index (χ2n) is 8.61. The van der Waals surface area contributed by atoms with E-state index in [4.69, 9.17) is 14.2 Å². The summed E-state index contributed by atoms with van der Waals surface area (Å²) in [7, 11) is 1.41. The molecule has 0 fully saturated rings. The van der Waals surface area contributed by atoms with E-state index >= 15 is 0 Å². The predicted octanol–water partition coefficient (Wildman–Crippen LogP) is 5.38. The molecule has 35 heavy (non-hydrogen) atoms. The van der Waals surface area contributed by atoms with Crippen molar-refractivity contribution in [1.29, 1.82) is 0 Å². The summed E-state index contributed by atoms with van der Waals surface area (Å²) < 4.78 is 18.6. The Morgan fingerprint density at radius 1 is 1.17 bits per heavy atom. The first-order chi connectivity index (χ1) is 17.1. The lowest BCUT2D eigenvalue weighted by Crippen LogP contribution is -2.09. The number of para-hydroxylation sites is 2. The van der Waals surface area contributed by atoms with Crippen LogP contribution >= 0.6 is 0 Å². The van der Waals surface area contributed by atoms with Gasteiger partial charge in [0.1, 0.15) is 5.75 Å². The quantitative estimate of drug-likeness (QED) is 0.348. The van der Waals surface area contributed by atoms with Crippen LogP contribution in [0.15, 0.2) is 60.7 Å². The van der Waals surface area contributed by atoms with Crippen LogP contribution in [0.3, 0.4) is 0 Å². The fourth-order valence-corrected chi connectivity index (χ4v) is 4.60. The van der Waals surface area contributed by atoms with E-state index in [9.17, 15) is 4.79 Å². The van der Waals surface area contributed by atoms with Crippen molar-refractivity contribution in [2.45, 2.75) is 32.7 Å². The zero-order valence-corrected chi connectivity index (χ0v) is 20.2. The summed E-state index contributed by atoms with van der Waals surface area (Å²) in [5, 5.41) is 3.52. The molecule has 1 aromatic heterocycles. The molecule has 0 aliphatic carbocycles. The summed E-state index contributed by atoms with van der Waals surface area (Å²) in [6.07, 6.45) is 0.328. The maximum absolute atomic E-state index is 11.7. The monoisotopic (exact) mass is 471 g/mol. The van der Waals surface area contributed by atoms with Gasteiger partial charge in [-0.1, -0.05) is 30.3 Å². The molecule has 1 N–H and O–H groups in total. The topological polar surface area (TPSA) is 74.6 Å². The molecule has 0 spiro atoms. The molecule has 0 bridgehead atoms. The Kier molecular flexibility index (Phi) is 6.31. The lowest BCUT2D eigenvalue weighted by molar-refractivity contribution is -0.141. The number of imidazole rings is 1. The first-order valence-electron chi connectivity index (χ1n) is 11.9. The van der Waals surface area contributed by atoms with Crippen LogP contribution < -0.4 is 14.8 Å². The van der Waals surface area contributed by atoms with Crippen molar-refractivity contribution in [3.63, 3.8) is 0 Å². The van der Waals surface area contributed by atoms with Gasteiger partial charge in [0.25, 0.3) is 0 Å². The van der Waals surface area contributed by atoms with Gasteiger partial charge in [-0.15, -0.1) is 0 Å². The number of esters is 1. The van der Waals surface area contributed by atoms with Crippen molar-refractivity contribution < 1.29 is 19.0 Å². The zero-order chi connectivity index (χ0) is 24.4. The minimum absolute atomic E-state index is 0.0370.